The zero-order chi connectivity index (χ0) is 15.4. The molecular formula is C17H18F3N. The molecule has 2 aromatic carbocycles. The van der Waals surface area contributed by atoms with Crippen molar-refractivity contribution in [1.82, 2.24) is 5.32 Å². The fourth-order valence-electron chi connectivity index (χ4n) is 2.44. The Labute approximate surface area is 122 Å². The Morgan fingerprint density at radius 2 is 1.86 bits per heavy atom. The number of nitrogens with one attached hydrogen (secondary N) is 1. The van der Waals surface area contributed by atoms with Crippen LogP contribution in [-0.4, -0.2) is 6.54 Å². The third-order valence-electron chi connectivity index (χ3n) is 3.54. The Balaban J connectivity index is 2.33. The highest BCUT2D eigenvalue weighted by molar-refractivity contribution is 5.30. The number of hydrogen-bond donors (Lipinski definition) is 1. The van der Waals surface area contributed by atoms with Crippen molar-refractivity contribution in [3.8, 4) is 0 Å². The molecule has 2 rings (SSSR count). The van der Waals surface area contributed by atoms with Gasteiger partial charge in [0.1, 0.15) is 5.82 Å². The third-order valence-corrected chi connectivity index (χ3v) is 3.54. The van der Waals surface area contributed by atoms with E-state index in [9.17, 15) is 13.2 Å². The van der Waals surface area contributed by atoms with E-state index in [1.54, 1.807) is 12.1 Å². The average Bonchev–Trinajstić information content (AvgIpc) is 2.44. The maximum Gasteiger partial charge on any atom is 0.163 e. The lowest BCUT2D eigenvalue weighted by Crippen LogP contribution is -2.24. The molecule has 21 heavy (non-hydrogen) atoms. The van der Waals surface area contributed by atoms with Gasteiger partial charge in [-0.1, -0.05) is 25.1 Å². The zero-order valence-corrected chi connectivity index (χ0v) is 12.1. The molecule has 112 valence electrons. The molecule has 0 aromatic heterocycles. The Kier molecular flexibility index (Phi) is 5.02. The van der Waals surface area contributed by atoms with Gasteiger partial charge in [0.05, 0.1) is 0 Å². The fourth-order valence-corrected chi connectivity index (χ4v) is 2.44. The molecule has 2 aromatic rings. The van der Waals surface area contributed by atoms with Crippen LogP contribution in [0.1, 0.15) is 29.7 Å². The average molecular weight is 293 g/mol. The number of halogens is 3. The van der Waals surface area contributed by atoms with Crippen LogP contribution in [0.3, 0.4) is 0 Å². The van der Waals surface area contributed by atoms with Gasteiger partial charge in [-0.2, -0.15) is 0 Å². The predicted molar refractivity (Wildman–Crippen MR) is 77.6 cm³/mol. The van der Waals surface area contributed by atoms with E-state index in [-0.39, 0.29) is 11.9 Å². The lowest BCUT2D eigenvalue weighted by molar-refractivity contribution is 0.464. The number of benzene rings is 2. The summed E-state index contributed by atoms with van der Waals surface area (Å²) in [5, 5.41) is 3.16. The molecule has 0 bridgehead atoms. The molecule has 0 saturated heterocycles. The summed E-state index contributed by atoms with van der Waals surface area (Å²) in [5.74, 6) is -1.98. The van der Waals surface area contributed by atoms with Gasteiger partial charge in [-0.05, 0) is 49.2 Å². The summed E-state index contributed by atoms with van der Waals surface area (Å²) >= 11 is 0. The molecule has 0 radical (unpaired) electrons. The van der Waals surface area contributed by atoms with Crippen molar-refractivity contribution in [1.29, 1.82) is 0 Å². The van der Waals surface area contributed by atoms with Gasteiger partial charge in [0, 0.05) is 11.6 Å². The standard InChI is InChI=1S/C17H18F3N/c1-3-21-16(14-5-4-6-15(19)17(14)20)10-12-7-8-13(18)9-11(12)2/h4-9,16,21H,3,10H2,1-2H3. The van der Waals surface area contributed by atoms with E-state index in [1.165, 1.54) is 18.2 Å². The molecule has 0 aliphatic rings. The molecule has 0 saturated carbocycles. The lowest BCUT2D eigenvalue weighted by Gasteiger charge is -2.20. The van der Waals surface area contributed by atoms with Gasteiger partial charge >= 0.3 is 0 Å². The topological polar surface area (TPSA) is 12.0 Å². The highest BCUT2D eigenvalue weighted by Crippen LogP contribution is 2.24. The number of likely N-dealkylation sites (N-methyl/N-ethyl adjacent to an activating group) is 1. The minimum absolute atomic E-state index is 0.292. The van der Waals surface area contributed by atoms with Crippen molar-refractivity contribution < 1.29 is 13.2 Å². The highest BCUT2D eigenvalue weighted by Gasteiger charge is 2.18. The normalized spacial score (nSPS) is 12.4. The van der Waals surface area contributed by atoms with Crippen LogP contribution >= 0.6 is 0 Å². The molecule has 0 fully saturated rings. The Morgan fingerprint density at radius 3 is 2.52 bits per heavy atom. The van der Waals surface area contributed by atoms with Crippen molar-refractivity contribution in [2.45, 2.75) is 26.3 Å². The molecule has 0 heterocycles. The van der Waals surface area contributed by atoms with Gasteiger partial charge < -0.3 is 5.32 Å². The number of hydrogen-bond acceptors (Lipinski definition) is 1. The summed E-state index contributed by atoms with van der Waals surface area (Å²) in [5.41, 5.74) is 2.00. The molecular weight excluding hydrogens is 275 g/mol. The first-order valence-electron chi connectivity index (χ1n) is 6.95. The van der Waals surface area contributed by atoms with Crippen LogP contribution in [0, 0.1) is 24.4 Å². The van der Waals surface area contributed by atoms with Gasteiger partial charge in [-0.3, -0.25) is 0 Å². The van der Waals surface area contributed by atoms with Crippen LogP contribution in [0.25, 0.3) is 0 Å². The van der Waals surface area contributed by atoms with Crippen molar-refractivity contribution in [3.05, 3.63) is 70.5 Å². The first kappa shape index (κ1) is 15.6. The van der Waals surface area contributed by atoms with Crippen LogP contribution in [0.5, 0.6) is 0 Å². The lowest BCUT2D eigenvalue weighted by atomic mass is 9.95. The van der Waals surface area contributed by atoms with Gasteiger partial charge in [0.2, 0.25) is 0 Å². The van der Waals surface area contributed by atoms with Gasteiger partial charge in [0.25, 0.3) is 0 Å². The van der Waals surface area contributed by atoms with Crippen molar-refractivity contribution in [2.24, 2.45) is 0 Å². The van der Waals surface area contributed by atoms with E-state index in [4.69, 9.17) is 0 Å². The predicted octanol–water partition coefficient (Wildman–Crippen LogP) is 4.31. The van der Waals surface area contributed by atoms with Crippen LogP contribution in [0.15, 0.2) is 36.4 Å². The minimum atomic E-state index is -0.855. The van der Waals surface area contributed by atoms with Gasteiger partial charge in [-0.25, -0.2) is 13.2 Å². The summed E-state index contributed by atoms with van der Waals surface area (Å²) < 4.78 is 40.5. The van der Waals surface area contributed by atoms with E-state index in [2.05, 4.69) is 5.32 Å². The fraction of sp³-hybridized carbons (Fsp3) is 0.294. The largest absolute Gasteiger partial charge is 0.310 e. The molecule has 1 nitrogen and oxygen atoms in total. The highest BCUT2D eigenvalue weighted by atomic mass is 19.2. The smallest absolute Gasteiger partial charge is 0.163 e. The number of rotatable bonds is 5. The molecule has 0 aliphatic carbocycles. The SMILES string of the molecule is CCNC(Cc1ccc(F)cc1C)c1cccc(F)c1F. The van der Waals surface area contributed by atoms with Crippen molar-refractivity contribution in [3.63, 3.8) is 0 Å². The minimum Gasteiger partial charge on any atom is -0.310 e. The monoisotopic (exact) mass is 293 g/mol. The van der Waals surface area contributed by atoms with E-state index in [0.717, 1.165) is 17.2 Å². The van der Waals surface area contributed by atoms with E-state index in [0.29, 0.717) is 18.5 Å². The van der Waals surface area contributed by atoms with Crippen LogP contribution in [0.2, 0.25) is 0 Å². The molecule has 0 amide bonds. The maximum absolute atomic E-state index is 14.0. The second kappa shape index (κ2) is 6.76. The molecule has 1 unspecified atom stereocenters. The Bertz CT molecular complexity index is 625. The van der Waals surface area contributed by atoms with Crippen LogP contribution in [-0.2, 0) is 6.42 Å². The summed E-state index contributed by atoms with van der Waals surface area (Å²) in [4.78, 5) is 0. The zero-order valence-electron chi connectivity index (χ0n) is 12.1. The molecule has 1 N–H and O–H groups in total. The second-order valence-corrected chi connectivity index (χ2v) is 5.03. The van der Waals surface area contributed by atoms with E-state index < -0.39 is 11.6 Å². The first-order chi connectivity index (χ1) is 10.0. The molecule has 4 heteroatoms. The molecule has 1 atom stereocenters. The molecule has 0 spiro atoms. The van der Waals surface area contributed by atoms with Crippen molar-refractivity contribution >= 4 is 0 Å². The second-order valence-electron chi connectivity index (χ2n) is 5.03. The van der Waals surface area contributed by atoms with Gasteiger partial charge in [-0.15, -0.1) is 0 Å². The first-order valence-corrected chi connectivity index (χ1v) is 6.95. The van der Waals surface area contributed by atoms with Crippen LogP contribution < -0.4 is 5.32 Å². The summed E-state index contributed by atoms with van der Waals surface area (Å²) in [6.45, 7) is 4.34. The van der Waals surface area contributed by atoms with Crippen molar-refractivity contribution in [2.75, 3.05) is 6.54 Å². The maximum atomic E-state index is 14.0. The quantitative estimate of drug-likeness (QED) is 0.866. The van der Waals surface area contributed by atoms with E-state index in [1.807, 2.05) is 13.8 Å². The summed E-state index contributed by atoms with van der Waals surface area (Å²) in [6, 6.07) is 8.33. The molecule has 0 aliphatic heterocycles. The summed E-state index contributed by atoms with van der Waals surface area (Å²) in [6.07, 6.45) is 0.473. The third kappa shape index (κ3) is 3.64. The van der Waals surface area contributed by atoms with E-state index >= 15 is 0 Å². The summed E-state index contributed by atoms with van der Waals surface area (Å²) in [7, 11) is 0. The van der Waals surface area contributed by atoms with Crippen LogP contribution in [0.4, 0.5) is 13.2 Å². The van der Waals surface area contributed by atoms with Gasteiger partial charge in [0.15, 0.2) is 11.6 Å². The Hall–Kier alpha value is -1.81. The Morgan fingerprint density at radius 1 is 1.10 bits per heavy atom. The number of aryl methyl sites for hydroxylation is 1.